The number of allylic oxidation sites excluding steroid dienone is 2. The predicted octanol–water partition coefficient (Wildman–Crippen LogP) is 2.73. The highest BCUT2D eigenvalue weighted by Gasteiger charge is 2.32. The SMILES string of the molecule is CC(N)=C(C=NCCC(F)F)Nc1nc(C2CC2)c(-c2cncc3c2ncn3C)nc1C(N)=O. The van der Waals surface area contributed by atoms with Crippen molar-refractivity contribution in [3.8, 4) is 11.3 Å². The van der Waals surface area contributed by atoms with Crippen LogP contribution in [-0.4, -0.2) is 49.6 Å². The number of halogens is 2. The number of hydrogen-bond donors (Lipinski definition) is 3. The van der Waals surface area contributed by atoms with E-state index in [0.29, 0.717) is 33.9 Å². The molecule has 1 aliphatic carbocycles. The van der Waals surface area contributed by atoms with E-state index in [4.69, 9.17) is 16.5 Å². The van der Waals surface area contributed by atoms with Crippen molar-refractivity contribution in [3.63, 3.8) is 0 Å². The van der Waals surface area contributed by atoms with Gasteiger partial charge in [0.2, 0.25) is 6.43 Å². The summed E-state index contributed by atoms with van der Waals surface area (Å²) >= 11 is 0. The number of nitrogens with zero attached hydrogens (tertiary/aromatic N) is 6. The molecule has 1 fully saturated rings. The standard InChI is InChI=1S/C22H25F2N9O/c1-11(25)14(8-27-6-5-16(23)24)30-22-20(21(26)34)31-19(17(32-22)12-3-4-12)13-7-28-9-15-18(13)29-10-33(15)2/h7-10,12,16H,3-6,25H2,1-2H3,(H2,26,34)(H,30,32). The van der Waals surface area contributed by atoms with Gasteiger partial charge in [-0.1, -0.05) is 0 Å². The Bertz CT molecular complexity index is 1290. The molecule has 178 valence electrons. The van der Waals surface area contributed by atoms with Crippen LogP contribution in [0.2, 0.25) is 0 Å². The highest BCUT2D eigenvalue weighted by Crippen LogP contribution is 2.44. The molecule has 1 saturated carbocycles. The summed E-state index contributed by atoms with van der Waals surface area (Å²) in [7, 11) is 1.86. The van der Waals surface area contributed by atoms with Crippen LogP contribution in [0.3, 0.4) is 0 Å². The molecule has 0 atom stereocenters. The molecule has 0 saturated heterocycles. The zero-order chi connectivity index (χ0) is 24.4. The third kappa shape index (κ3) is 4.85. The molecule has 0 spiro atoms. The number of alkyl halides is 2. The van der Waals surface area contributed by atoms with E-state index in [1.54, 1.807) is 25.6 Å². The third-order valence-corrected chi connectivity index (χ3v) is 5.39. The molecule has 1 amide bonds. The van der Waals surface area contributed by atoms with E-state index in [1.807, 2.05) is 11.6 Å². The number of carbonyl (C=O) groups excluding carboxylic acids is 1. The van der Waals surface area contributed by atoms with Gasteiger partial charge in [-0.05, 0) is 19.8 Å². The minimum atomic E-state index is -2.45. The number of amides is 1. The van der Waals surface area contributed by atoms with Gasteiger partial charge in [-0.2, -0.15) is 0 Å². The van der Waals surface area contributed by atoms with Crippen molar-refractivity contribution in [2.24, 2.45) is 23.5 Å². The van der Waals surface area contributed by atoms with E-state index in [1.165, 1.54) is 6.21 Å². The summed E-state index contributed by atoms with van der Waals surface area (Å²) in [6.45, 7) is 1.54. The Morgan fingerprint density at radius 1 is 1.32 bits per heavy atom. The molecule has 4 rings (SSSR count). The van der Waals surface area contributed by atoms with Gasteiger partial charge in [0, 0.05) is 49.6 Å². The minimum Gasteiger partial charge on any atom is -0.401 e. The number of nitrogens with two attached hydrogens (primary N) is 2. The van der Waals surface area contributed by atoms with Gasteiger partial charge in [-0.15, -0.1) is 0 Å². The highest BCUT2D eigenvalue weighted by atomic mass is 19.3. The number of nitrogens with one attached hydrogen (secondary N) is 1. The highest BCUT2D eigenvalue weighted by molar-refractivity contribution is 5.99. The Morgan fingerprint density at radius 2 is 2.09 bits per heavy atom. The Labute approximate surface area is 194 Å². The van der Waals surface area contributed by atoms with Gasteiger partial charge < -0.3 is 21.4 Å². The smallest absolute Gasteiger partial charge is 0.271 e. The maximum Gasteiger partial charge on any atom is 0.271 e. The van der Waals surface area contributed by atoms with Gasteiger partial charge >= 0.3 is 0 Å². The molecule has 3 aromatic rings. The number of imidazole rings is 1. The molecular weight excluding hydrogens is 444 g/mol. The predicted molar refractivity (Wildman–Crippen MR) is 125 cm³/mol. The third-order valence-electron chi connectivity index (χ3n) is 5.39. The maximum absolute atomic E-state index is 12.4. The number of aliphatic imine (C=N–C) groups is 1. The topological polar surface area (TPSA) is 150 Å². The fraction of sp³-hybridized carbons (Fsp3) is 0.364. The van der Waals surface area contributed by atoms with Crippen LogP contribution in [0.15, 0.2) is 35.1 Å². The van der Waals surface area contributed by atoms with Crippen molar-refractivity contribution in [1.82, 2.24) is 24.5 Å². The molecule has 10 nitrogen and oxygen atoms in total. The summed E-state index contributed by atoms with van der Waals surface area (Å²) in [5.41, 5.74) is 15.5. The minimum absolute atomic E-state index is 0.0716. The van der Waals surface area contributed by atoms with Crippen LogP contribution < -0.4 is 16.8 Å². The first-order valence-corrected chi connectivity index (χ1v) is 10.7. The molecular formula is C22H25F2N9O. The molecule has 5 N–H and O–H groups in total. The van der Waals surface area contributed by atoms with Crippen LogP contribution in [0, 0.1) is 0 Å². The zero-order valence-electron chi connectivity index (χ0n) is 18.8. The van der Waals surface area contributed by atoms with Gasteiger partial charge in [-0.3, -0.25) is 14.8 Å². The first kappa shape index (κ1) is 23.2. The summed E-state index contributed by atoms with van der Waals surface area (Å²) < 4.78 is 26.6. The quantitative estimate of drug-likeness (QED) is 0.408. The van der Waals surface area contributed by atoms with Gasteiger partial charge in [0.15, 0.2) is 11.5 Å². The molecule has 12 heteroatoms. The molecule has 34 heavy (non-hydrogen) atoms. The van der Waals surface area contributed by atoms with Crippen LogP contribution in [-0.2, 0) is 7.05 Å². The van der Waals surface area contributed by atoms with E-state index in [2.05, 4.69) is 25.3 Å². The molecule has 3 aromatic heterocycles. The molecule has 0 aromatic carbocycles. The van der Waals surface area contributed by atoms with Crippen LogP contribution in [0.25, 0.3) is 22.3 Å². The van der Waals surface area contributed by atoms with Crippen LogP contribution in [0.4, 0.5) is 14.6 Å². The summed E-state index contributed by atoms with van der Waals surface area (Å²) in [6, 6.07) is 0. The Balaban J connectivity index is 1.78. The normalized spacial score (nSPS) is 14.7. The largest absolute Gasteiger partial charge is 0.401 e. The Hall–Kier alpha value is -3.96. The second-order valence-corrected chi connectivity index (χ2v) is 8.14. The van der Waals surface area contributed by atoms with Crippen molar-refractivity contribution in [1.29, 1.82) is 0 Å². The summed E-state index contributed by atoms with van der Waals surface area (Å²) in [5.74, 6) is -0.502. The Kier molecular flexibility index (Phi) is 6.48. The number of aryl methyl sites for hydroxylation is 1. The monoisotopic (exact) mass is 469 g/mol. The molecule has 0 bridgehead atoms. The number of carbonyl (C=O) groups is 1. The second kappa shape index (κ2) is 9.49. The molecule has 0 radical (unpaired) electrons. The number of hydrogen-bond acceptors (Lipinski definition) is 8. The van der Waals surface area contributed by atoms with Crippen molar-refractivity contribution < 1.29 is 13.6 Å². The zero-order valence-corrected chi connectivity index (χ0v) is 18.8. The number of rotatable bonds is 9. The first-order valence-electron chi connectivity index (χ1n) is 10.7. The van der Waals surface area contributed by atoms with Crippen molar-refractivity contribution in [2.75, 3.05) is 11.9 Å². The molecule has 1 aliphatic rings. The van der Waals surface area contributed by atoms with Gasteiger partial charge in [-0.25, -0.2) is 23.7 Å². The maximum atomic E-state index is 12.4. The van der Waals surface area contributed by atoms with Crippen molar-refractivity contribution in [2.45, 2.75) is 38.5 Å². The lowest BCUT2D eigenvalue weighted by Gasteiger charge is -2.15. The lowest BCUT2D eigenvalue weighted by Crippen LogP contribution is -2.20. The summed E-state index contributed by atoms with van der Waals surface area (Å²) in [5, 5.41) is 2.97. The van der Waals surface area contributed by atoms with E-state index >= 15 is 0 Å². The van der Waals surface area contributed by atoms with Gasteiger partial charge in [0.25, 0.3) is 5.91 Å². The van der Waals surface area contributed by atoms with E-state index in [-0.39, 0.29) is 30.4 Å². The van der Waals surface area contributed by atoms with Crippen molar-refractivity contribution >= 4 is 29.0 Å². The lowest BCUT2D eigenvalue weighted by molar-refractivity contribution is 0.0996. The molecule has 3 heterocycles. The number of aromatic nitrogens is 5. The van der Waals surface area contributed by atoms with Crippen molar-refractivity contribution in [3.05, 3.63) is 41.5 Å². The average molecular weight is 470 g/mol. The number of fused-ring (bicyclic) bond motifs is 1. The lowest BCUT2D eigenvalue weighted by atomic mass is 10.1. The van der Waals surface area contributed by atoms with Crippen LogP contribution in [0.5, 0.6) is 0 Å². The summed E-state index contributed by atoms with van der Waals surface area (Å²) in [6.07, 6.45) is 5.41. The fourth-order valence-electron chi connectivity index (χ4n) is 3.45. The van der Waals surface area contributed by atoms with E-state index < -0.39 is 12.3 Å². The summed E-state index contributed by atoms with van der Waals surface area (Å²) in [4.78, 5) is 34.4. The molecule has 0 unspecified atom stereocenters. The first-order chi connectivity index (χ1) is 16.3. The average Bonchev–Trinajstić information content (AvgIpc) is 3.57. The second-order valence-electron chi connectivity index (χ2n) is 8.14. The van der Waals surface area contributed by atoms with E-state index in [0.717, 1.165) is 18.4 Å². The molecule has 0 aliphatic heterocycles. The number of anilines is 1. The number of pyridine rings is 1. The van der Waals surface area contributed by atoms with Crippen LogP contribution >= 0.6 is 0 Å². The number of primary amides is 1. The Morgan fingerprint density at radius 3 is 2.74 bits per heavy atom. The van der Waals surface area contributed by atoms with Crippen LogP contribution in [0.1, 0.15) is 48.3 Å². The van der Waals surface area contributed by atoms with Gasteiger partial charge in [0.1, 0.15) is 5.52 Å². The van der Waals surface area contributed by atoms with Gasteiger partial charge in [0.05, 0.1) is 35.1 Å². The van der Waals surface area contributed by atoms with E-state index in [9.17, 15) is 13.6 Å². The fourth-order valence-corrected chi connectivity index (χ4v) is 3.45.